The molecule has 0 heterocycles. The van der Waals surface area contributed by atoms with Gasteiger partial charge in [0.2, 0.25) is 5.91 Å². The number of hydrogen-bond donors (Lipinski definition) is 2. The minimum absolute atomic E-state index is 0.173. The highest BCUT2D eigenvalue weighted by molar-refractivity contribution is 5.80. The Hall–Kier alpha value is -0.610. The number of carbonyl (C=O) groups is 1. The van der Waals surface area contributed by atoms with Crippen LogP contribution in [0.3, 0.4) is 0 Å². The number of carbonyl (C=O) groups excluding carboxylic acids is 1. The summed E-state index contributed by atoms with van der Waals surface area (Å²) >= 11 is 0. The number of nitrogens with two attached hydrogens (primary N) is 1. The van der Waals surface area contributed by atoms with E-state index in [1.807, 2.05) is 0 Å². The lowest BCUT2D eigenvalue weighted by Crippen LogP contribution is -2.28. The van der Waals surface area contributed by atoms with E-state index < -0.39 is 0 Å². The molecule has 0 radical (unpaired) electrons. The van der Waals surface area contributed by atoms with Gasteiger partial charge in [-0.3, -0.25) is 4.79 Å². The zero-order valence-corrected chi connectivity index (χ0v) is 7.21. The molecule has 70 valence electrons. The minimum atomic E-state index is 0.173. The number of hydrogen-bond acceptors (Lipinski definition) is 3. The van der Waals surface area contributed by atoms with Crippen LogP contribution >= 0.6 is 0 Å². The zero-order valence-electron chi connectivity index (χ0n) is 7.21. The van der Waals surface area contributed by atoms with Gasteiger partial charge >= 0.3 is 0 Å². The van der Waals surface area contributed by atoms with E-state index in [0.29, 0.717) is 32.2 Å². The third-order valence-electron chi connectivity index (χ3n) is 1.76. The van der Waals surface area contributed by atoms with Crippen molar-refractivity contribution in [3.05, 3.63) is 0 Å². The first-order chi connectivity index (χ1) is 5.84. The SMILES string of the molecule is NCCOCCNC(=O)C1CC1. The van der Waals surface area contributed by atoms with Crippen LogP contribution in [0.2, 0.25) is 0 Å². The van der Waals surface area contributed by atoms with Crippen molar-refractivity contribution >= 4 is 5.91 Å². The first-order valence-corrected chi connectivity index (χ1v) is 4.40. The van der Waals surface area contributed by atoms with Gasteiger partial charge in [-0.2, -0.15) is 0 Å². The Morgan fingerprint density at radius 1 is 1.50 bits per heavy atom. The maximum absolute atomic E-state index is 11.0. The van der Waals surface area contributed by atoms with Gasteiger partial charge in [-0.25, -0.2) is 0 Å². The molecule has 0 aromatic rings. The van der Waals surface area contributed by atoms with E-state index in [-0.39, 0.29) is 5.91 Å². The Morgan fingerprint density at radius 3 is 2.83 bits per heavy atom. The van der Waals surface area contributed by atoms with Crippen molar-refractivity contribution in [2.24, 2.45) is 11.7 Å². The standard InChI is InChI=1S/C8H16N2O2/c9-3-5-12-6-4-10-8(11)7-1-2-7/h7H,1-6,9H2,(H,10,11). The number of amides is 1. The van der Waals surface area contributed by atoms with Crippen molar-refractivity contribution < 1.29 is 9.53 Å². The van der Waals surface area contributed by atoms with Crippen LogP contribution in [0.25, 0.3) is 0 Å². The lowest BCUT2D eigenvalue weighted by atomic mass is 10.4. The Labute approximate surface area is 72.5 Å². The van der Waals surface area contributed by atoms with Crippen LogP contribution in [-0.4, -0.2) is 32.2 Å². The highest BCUT2D eigenvalue weighted by Crippen LogP contribution is 2.28. The molecule has 1 fully saturated rings. The van der Waals surface area contributed by atoms with Gasteiger partial charge in [0.15, 0.2) is 0 Å². The van der Waals surface area contributed by atoms with Crippen LogP contribution < -0.4 is 11.1 Å². The van der Waals surface area contributed by atoms with E-state index in [4.69, 9.17) is 10.5 Å². The maximum Gasteiger partial charge on any atom is 0.223 e. The van der Waals surface area contributed by atoms with E-state index >= 15 is 0 Å². The average molecular weight is 172 g/mol. The van der Waals surface area contributed by atoms with Crippen LogP contribution in [-0.2, 0) is 9.53 Å². The summed E-state index contributed by atoms with van der Waals surface area (Å²) in [5.74, 6) is 0.464. The van der Waals surface area contributed by atoms with Crippen molar-refractivity contribution in [2.45, 2.75) is 12.8 Å². The molecule has 12 heavy (non-hydrogen) atoms. The molecule has 1 aliphatic carbocycles. The van der Waals surface area contributed by atoms with Gasteiger partial charge in [-0.15, -0.1) is 0 Å². The quantitative estimate of drug-likeness (QED) is 0.530. The summed E-state index contributed by atoms with van der Waals surface area (Å²) in [4.78, 5) is 11.0. The Morgan fingerprint density at radius 2 is 2.25 bits per heavy atom. The predicted molar refractivity (Wildman–Crippen MR) is 45.6 cm³/mol. The van der Waals surface area contributed by atoms with Crippen molar-refractivity contribution in [1.29, 1.82) is 0 Å². The van der Waals surface area contributed by atoms with Gasteiger partial charge in [0.05, 0.1) is 13.2 Å². The van der Waals surface area contributed by atoms with E-state index in [0.717, 1.165) is 12.8 Å². The molecule has 1 amide bonds. The summed E-state index contributed by atoms with van der Waals surface area (Å²) in [5, 5.41) is 2.80. The fraction of sp³-hybridized carbons (Fsp3) is 0.875. The molecule has 0 unspecified atom stereocenters. The van der Waals surface area contributed by atoms with Gasteiger partial charge in [0, 0.05) is 19.0 Å². The highest BCUT2D eigenvalue weighted by atomic mass is 16.5. The molecule has 0 atom stereocenters. The smallest absolute Gasteiger partial charge is 0.223 e. The molecule has 1 aliphatic rings. The molecule has 0 bridgehead atoms. The summed E-state index contributed by atoms with van der Waals surface area (Å²) in [6.07, 6.45) is 2.10. The lowest BCUT2D eigenvalue weighted by Gasteiger charge is -2.04. The summed E-state index contributed by atoms with van der Waals surface area (Å²) in [6, 6.07) is 0. The highest BCUT2D eigenvalue weighted by Gasteiger charge is 2.28. The molecule has 1 rings (SSSR count). The second-order valence-corrected chi connectivity index (χ2v) is 2.97. The lowest BCUT2D eigenvalue weighted by molar-refractivity contribution is -0.122. The molecule has 0 aromatic heterocycles. The second kappa shape index (κ2) is 5.11. The monoisotopic (exact) mass is 172 g/mol. The molecule has 4 nitrogen and oxygen atoms in total. The summed E-state index contributed by atoms with van der Waals surface area (Å²) in [7, 11) is 0. The predicted octanol–water partition coefficient (Wildman–Crippen LogP) is -0.512. The van der Waals surface area contributed by atoms with E-state index in [1.54, 1.807) is 0 Å². The van der Waals surface area contributed by atoms with Gasteiger partial charge < -0.3 is 15.8 Å². The van der Waals surface area contributed by atoms with Crippen LogP contribution in [0.5, 0.6) is 0 Å². The fourth-order valence-corrected chi connectivity index (χ4v) is 0.922. The topological polar surface area (TPSA) is 64.3 Å². The first-order valence-electron chi connectivity index (χ1n) is 4.40. The fourth-order valence-electron chi connectivity index (χ4n) is 0.922. The van der Waals surface area contributed by atoms with Crippen LogP contribution in [0.15, 0.2) is 0 Å². The van der Waals surface area contributed by atoms with Crippen LogP contribution in [0.4, 0.5) is 0 Å². The van der Waals surface area contributed by atoms with Crippen molar-refractivity contribution in [1.82, 2.24) is 5.32 Å². The van der Waals surface area contributed by atoms with Crippen molar-refractivity contribution in [2.75, 3.05) is 26.3 Å². The Kier molecular flexibility index (Phi) is 4.04. The van der Waals surface area contributed by atoms with Crippen molar-refractivity contribution in [3.8, 4) is 0 Å². The molecule has 3 N–H and O–H groups in total. The van der Waals surface area contributed by atoms with Crippen molar-refractivity contribution in [3.63, 3.8) is 0 Å². The Bertz CT molecular complexity index is 146. The molecule has 0 saturated heterocycles. The molecule has 0 spiro atoms. The van der Waals surface area contributed by atoms with Crippen LogP contribution in [0.1, 0.15) is 12.8 Å². The molecule has 4 heteroatoms. The second-order valence-electron chi connectivity index (χ2n) is 2.97. The minimum Gasteiger partial charge on any atom is -0.378 e. The largest absolute Gasteiger partial charge is 0.378 e. The van der Waals surface area contributed by atoms with Gasteiger partial charge in [0.25, 0.3) is 0 Å². The molecular formula is C8H16N2O2. The average Bonchev–Trinajstić information content (AvgIpc) is 2.86. The summed E-state index contributed by atoms with van der Waals surface area (Å²) in [5.41, 5.74) is 5.22. The maximum atomic E-state index is 11.0. The van der Waals surface area contributed by atoms with Crippen LogP contribution in [0, 0.1) is 5.92 Å². The molecule has 1 saturated carbocycles. The third-order valence-corrected chi connectivity index (χ3v) is 1.76. The number of rotatable bonds is 6. The van der Waals surface area contributed by atoms with E-state index in [9.17, 15) is 4.79 Å². The van der Waals surface area contributed by atoms with Gasteiger partial charge in [-0.1, -0.05) is 0 Å². The summed E-state index contributed by atoms with van der Waals surface area (Å²) in [6.45, 7) is 2.28. The van der Waals surface area contributed by atoms with Gasteiger partial charge in [-0.05, 0) is 12.8 Å². The molecule has 0 aliphatic heterocycles. The van der Waals surface area contributed by atoms with E-state index in [1.165, 1.54) is 0 Å². The van der Waals surface area contributed by atoms with Gasteiger partial charge in [0.1, 0.15) is 0 Å². The summed E-state index contributed by atoms with van der Waals surface area (Å²) < 4.78 is 5.09. The number of nitrogens with one attached hydrogen (secondary N) is 1. The Balaban J connectivity index is 1.84. The van der Waals surface area contributed by atoms with E-state index in [2.05, 4.69) is 5.32 Å². The molecular weight excluding hydrogens is 156 g/mol. The first kappa shape index (κ1) is 9.48. The normalized spacial score (nSPS) is 16.1. The third kappa shape index (κ3) is 3.69. The molecule has 0 aromatic carbocycles. The number of ether oxygens (including phenoxy) is 1. The zero-order chi connectivity index (χ0) is 8.81.